The third-order valence-electron chi connectivity index (χ3n) is 2.70. The molecule has 20 heavy (non-hydrogen) atoms. The van der Waals surface area contributed by atoms with Crippen LogP contribution in [0.15, 0.2) is 47.4 Å². The summed E-state index contributed by atoms with van der Waals surface area (Å²) in [5, 5.41) is 6.30. The standard InChI is InChI=1S/C15H15FN2S2/c1-10-6-7-13(16)14(8-10)18-15(19)17-11-4-3-5-12(9-11)20-2/h3-9H,1-2H3,(H2,17,18,19). The number of nitrogens with one attached hydrogen (secondary N) is 2. The lowest BCUT2D eigenvalue weighted by Crippen LogP contribution is -2.19. The topological polar surface area (TPSA) is 24.1 Å². The van der Waals surface area contributed by atoms with Gasteiger partial charge in [-0.1, -0.05) is 12.1 Å². The largest absolute Gasteiger partial charge is 0.332 e. The molecule has 0 atom stereocenters. The highest BCUT2D eigenvalue weighted by Crippen LogP contribution is 2.20. The molecular weight excluding hydrogens is 291 g/mol. The Balaban J connectivity index is 2.07. The highest BCUT2D eigenvalue weighted by Gasteiger charge is 2.05. The molecular formula is C15H15FN2S2. The maximum Gasteiger partial charge on any atom is 0.175 e. The van der Waals surface area contributed by atoms with Gasteiger partial charge in [-0.2, -0.15) is 0 Å². The molecule has 0 spiro atoms. The summed E-state index contributed by atoms with van der Waals surface area (Å²) in [6.07, 6.45) is 2.01. The van der Waals surface area contributed by atoms with E-state index >= 15 is 0 Å². The molecule has 0 aliphatic rings. The molecule has 104 valence electrons. The van der Waals surface area contributed by atoms with Crippen molar-refractivity contribution in [3.05, 3.63) is 53.8 Å². The number of anilines is 2. The third-order valence-corrected chi connectivity index (χ3v) is 3.63. The zero-order chi connectivity index (χ0) is 14.5. The molecule has 0 fully saturated rings. The quantitative estimate of drug-likeness (QED) is 0.636. The van der Waals surface area contributed by atoms with Gasteiger partial charge in [-0.05, 0) is 61.3 Å². The van der Waals surface area contributed by atoms with Gasteiger partial charge in [0.15, 0.2) is 5.11 Å². The van der Waals surface area contributed by atoms with Gasteiger partial charge in [0.25, 0.3) is 0 Å². The minimum Gasteiger partial charge on any atom is -0.332 e. The molecule has 0 saturated carbocycles. The first-order valence-corrected chi connectivity index (χ1v) is 7.70. The van der Waals surface area contributed by atoms with Gasteiger partial charge in [-0.3, -0.25) is 0 Å². The zero-order valence-electron chi connectivity index (χ0n) is 11.2. The Labute approximate surface area is 127 Å². The van der Waals surface area contributed by atoms with Gasteiger partial charge in [0.2, 0.25) is 0 Å². The van der Waals surface area contributed by atoms with E-state index in [1.165, 1.54) is 6.07 Å². The molecule has 0 aliphatic carbocycles. The smallest absolute Gasteiger partial charge is 0.175 e. The zero-order valence-corrected chi connectivity index (χ0v) is 12.9. The monoisotopic (exact) mass is 306 g/mol. The summed E-state index contributed by atoms with van der Waals surface area (Å²) < 4.78 is 13.6. The van der Waals surface area contributed by atoms with Crippen LogP contribution in [0.5, 0.6) is 0 Å². The number of aryl methyl sites for hydroxylation is 1. The minimum absolute atomic E-state index is 0.322. The number of hydrogen-bond donors (Lipinski definition) is 2. The summed E-state index contributed by atoms with van der Waals surface area (Å²) in [6.45, 7) is 1.91. The fourth-order valence-corrected chi connectivity index (χ4v) is 2.41. The molecule has 2 nitrogen and oxygen atoms in total. The van der Waals surface area contributed by atoms with E-state index in [1.54, 1.807) is 23.9 Å². The second-order valence-corrected chi connectivity index (χ2v) is 5.58. The maximum absolute atomic E-state index is 13.6. The summed E-state index contributed by atoms with van der Waals surface area (Å²) in [4.78, 5) is 1.14. The van der Waals surface area contributed by atoms with Crippen molar-refractivity contribution in [2.45, 2.75) is 11.8 Å². The number of rotatable bonds is 3. The normalized spacial score (nSPS) is 10.2. The summed E-state index contributed by atoms with van der Waals surface area (Å²) in [6, 6.07) is 12.7. The number of benzene rings is 2. The van der Waals surface area contributed by atoms with Gasteiger partial charge in [0, 0.05) is 10.6 Å². The van der Waals surface area contributed by atoms with Crippen molar-refractivity contribution in [2.24, 2.45) is 0 Å². The second kappa shape index (κ2) is 6.72. The average molecular weight is 306 g/mol. The predicted molar refractivity (Wildman–Crippen MR) is 89.2 cm³/mol. The Morgan fingerprint density at radius 3 is 2.70 bits per heavy atom. The molecule has 0 aliphatic heterocycles. The Morgan fingerprint density at radius 2 is 1.95 bits per heavy atom. The van der Waals surface area contributed by atoms with Crippen molar-refractivity contribution in [3.63, 3.8) is 0 Å². The number of thioether (sulfide) groups is 1. The molecule has 2 aromatic rings. The van der Waals surface area contributed by atoms with Crippen LogP contribution in [-0.2, 0) is 0 Å². The van der Waals surface area contributed by atoms with Gasteiger partial charge in [-0.15, -0.1) is 11.8 Å². The summed E-state index contributed by atoms with van der Waals surface area (Å²) in [5.41, 5.74) is 2.23. The number of halogens is 1. The molecule has 0 amide bonds. The van der Waals surface area contributed by atoms with Gasteiger partial charge < -0.3 is 10.6 Å². The van der Waals surface area contributed by atoms with Crippen molar-refractivity contribution in [1.29, 1.82) is 0 Å². The molecule has 0 aromatic heterocycles. The van der Waals surface area contributed by atoms with Crippen LogP contribution < -0.4 is 10.6 Å². The molecule has 2 rings (SSSR count). The van der Waals surface area contributed by atoms with Gasteiger partial charge in [0.05, 0.1) is 5.69 Å². The van der Waals surface area contributed by atoms with Gasteiger partial charge >= 0.3 is 0 Å². The Bertz CT molecular complexity index is 629. The van der Waals surface area contributed by atoms with Crippen LogP contribution >= 0.6 is 24.0 Å². The van der Waals surface area contributed by atoms with Crippen molar-refractivity contribution in [2.75, 3.05) is 16.9 Å². The molecule has 0 heterocycles. The molecule has 0 unspecified atom stereocenters. The predicted octanol–water partition coefficient (Wildman–Crippen LogP) is 4.66. The van der Waals surface area contributed by atoms with E-state index in [0.29, 0.717) is 10.8 Å². The average Bonchev–Trinajstić information content (AvgIpc) is 2.43. The van der Waals surface area contributed by atoms with E-state index in [0.717, 1.165) is 16.1 Å². The van der Waals surface area contributed by atoms with Crippen LogP contribution in [0.2, 0.25) is 0 Å². The second-order valence-electron chi connectivity index (χ2n) is 4.29. The fraction of sp³-hybridized carbons (Fsp3) is 0.133. The maximum atomic E-state index is 13.6. The summed E-state index contributed by atoms with van der Waals surface area (Å²) >= 11 is 6.86. The van der Waals surface area contributed by atoms with Crippen molar-refractivity contribution < 1.29 is 4.39 Å². The SMILES string of the molecule is CSc1cccc(NC(=S)Nc2cc(C)ccc2F)c1. The lowest BCUT2D eigenvalue weighted by molar-refractivity contribution is 0.632. The van der Waals surface area contributed by atoms with E-state index in [-0.39, 0.29) is 5.82 Å². The van der Waals surface area contributed by atoms with Crippen molar-refractivity contribution >= 4 is 40.5 Å². The van der Waals surface area contributed by atoms with Crippen LogP contribution in [0.3, 0.4) is 0 Å². The van der Waals surface area contributed by atoms with Crippen LogP contribution in [0, 0.1) is 12.7 Å². The molecule has 0 radical (unpaired) electrons. The first kappa shape index (κ1) is 14.8. The highest BCUT2D eigenvalue weighted by atomic mass is 32.2. The number of hydrogen-bond acceptors (Lipinski definition) is 2. The van der Waals surface area contributed by atoms with E-state index in [9.17, 15) is 4.39 Å². The first-order valence-electron chi connectivity index (χ1n) is 6.06. The Hall–Kier alpha value is -1.59. The lowest BCUT2D eigenvalue weighted by atomic mass is 10.2. The molecule has 2 aromatic carbocycles. The Morgan fingerprint density at radius 1 is 1.15 bits per heavy atom. The number of thiocarbonyl (C=S) groups is 1. The summed E-state index contributed by atoms with van der Waals surface area (Å²) in [7, 11) is 0. The molecule has 5 heteroatoms. The third kappa shape index (κ3) is 3.95. The van der Waals surface area contributed by atoms with Crippen LogP contribution in [0.25, 0.3) is 0 Å². The van der Waals surface area contributed by atoms with E-state index in [2.05, 4.69) is 10.6 Å². The van der Waals surface area contributed by atoms with Gasteiger partial charge in [0.1, 0.15) is 5.82 Å². The van der Waals surface area contributed by atoms with Crippen molar-refractivity contribution in [3.8, 4) is 0 Å². The molecule has 0 bridgehead atoms. The van der Waals surface area contributed by atoms with E-state index < -0.39 is 0 Å². The first-order chi connectivity index (χ1) is 9.58. The van der Waals surface area contributed by atoms with Gasteiger partial charge in [-0.25, -0.2) is 4.39 Å². The van der Waals surface area contributed by atoms with E-state index in [4.69, 9.17) is 12.2 Å². The lowest BCUT2D eigenvalue weighted by Gasteiger charge is -2.12. The van der Waals surface area contributed by atoms with Crippen LogP contribution in [0.4, 0.5) is 15.8 Å². The summed E-state index contributed by atoms with van der Waals surface area (Å²) in [5.74, 6) is -0.322. The fourth-order valence-electron chi connectivity index (χ4n) is 1.72. The highest BCUT2D eigenvalue weighted by molar-refractivity contribution is 7.98. The van der Waals surface area contributed by atoms with Crippen LogP contribution in [0.1, 0.15) is 5.56 Å². The minimum atomic E-state index is -0.322. The molecule has 2 N–H and O–H groups in total. The molecule has 0 saturated heterocycles. The van der Waals surface area contributed by atoms with Crippen LogP contribution in [-0.4, -0.2) is 11.4 Å². The van der Waals surface area contributed by atoms with Crippen molar-refractivity contribution in [1.82, 2.24) is 0 Å². The Kier molecular flexibility index (Phi) is 4.98. The van der Waals surface area contributed by atoms with E-state index in [1.807, 2.05) is 37.4 Å².